The van der Waals surface area contributed by atoms with E-state index in [1.54, 1.807) is 0 Å². The van der Waals surface area contributed by atoms with Crippen LogP contribution >= 0.6 is 0 Å². The maximum absolute atomic E-state index is 6.85. The molecule has 0 saturated carbocycles. The molecular formula is C32H47NO2. The Labute approximate surface area is 214 Å². The van der Waals surface area contributed by atoms with Crippen molar-refractivity contribution >= 4 is 6.72 Å². The van der Waals surface area contributed by atoms with Crippen molar-refractivity contribution in [3.8, 4) is 11.5 Å². The Morgan fingerprint density at radius 2 is 1.49 bits per heavy atom. The smallest absolute Gasteiger partial charge is 0.236 e. The molecule has 1 heterocycles. The maximum Gasteiger partial charge on any atom is 0.236 e. The van der Waals surface area contributed by atoms with Crippen molar-refractivity contribution in [3.63, 3.8) is 0 Å². The zero-order chi connectivity index (χ0) is 26.4. The Morgan fingerprint density at radius 3 is 2.06 bits per heavy atom. The standard InChI is InChI=1S/C32H47NO2/c1-13-30(6,7)24-18-23-21-33(12)20-22-16-15-17-25(29(3,4)5)27(22)34-32(10,11)35-28(23)26(19-24)31(8,9)14-2/h15-19,21H,12-14,20H2,1-11H3. The van der Waals surface area contributed by atoms with E-state index in [0.717, 1.165) is 35.5 Å². The normalized spacial score (nSPS) is 16.4. The van der Waals surface area contributed by atoms with Crippen molar-refractivity contribution in [1.29, 1.82) is 0 Å². The van der Waals surface area contributed by atoms with Gasteiger partial charge in [-0.15, -0.1) is 6.07 Å². The third kappa shape index (κ3) is 5.71. The third-order valence-corrected chi connectivity index (χ3v) is 7.69. The molecule has 0 spiro atoms. The number of benzene rings is 2. The van der Waals surface area contributed by atoms with Gasteiger partial charge in [0.25, 0.3) is 0 Å². The molecule has 3 heteroatoms. The zero-order valence-corrected chi connectivity index (χ0v) is 24.1. The molecule has 2 aromatic carbocycles. The molecule has 0 aromatic heterocycles. The summed E-state index contributed by atoms with van der Waals surface area (Å²) in [5.74, 6) is 0.931. The lowest BCUT2D eigenvalue weighted by Gasteiger charge is -2.39. The van der Waals surface area contributed by atoms with E-state index in [1.807, 2.05) is 18.4 Å². The SMILES string of the molecule is C=[N+]1[CH-]c2cc(C(C)(C)CC)cc(C(C)(C)CC)c2OC(C)(C)Oc2c(cccc2C(C)(C)C)C1. The molecule has 35 heavy (non-hydrogen) atoms. The van der Waals surface area contributed by atoms with Gasteiger partial charge < -0.3 is 9.47 Å². The number of hydrogen-bond donors (Lipinski definition) is 0. The molecule has 0 atom stereocenters. The first kappa shape index (κ1) is 27.2. The van der Waals surface area contributed by atoms with E-state index in [1.165, 1.54) is 16.7 Å². The van der Waals surface area contributed by atoms with E-state index in [4.69, 9.17) is 9.47 Å². The second-order valence-corrected chi connectivity index (χ2v) is 12.9. The predicted molar refractivity (Wildman–Crippen MR) is 148 cm³/mol. The van der Waals surface area contributed by atoms with Gasteiger partial charge in [0.05, 0.1) is 24.6 Å². The van der Waals surface area contributed by atoms with Gasteiger partial charge >= 0.3 is 0 Å². The Hall–Kier alpha value is -2.42. The van der Waals surface area contributed by atoms with Gasteiger partial charge in [-0.1, -0.05) is 86.1 Å². The lowest BCUT2D eigenvalue weighted by molar-refractivity contribution is -0.490. The average Bonchev–Trinajstić information content (AvgIpc) is 2.74. The Bertz CT molecular complexity index is 1100. The van der Waals surface area contributed by atoms with E-state index < -0.39 is 5.79 Å². The van der Waals surface area contributed by atoms with Crippen LogP contribution < -0.4 is 9.47 Å². The fraction of sp³-hybridized carbons (Fsp3) is 0.562. The first-order valence-electron chi connectivity index (χ1n) is 13.1. The highest BCUT2D eigenvalue weighted by Crippen LogP contribution is 2.44. The molecule has 192 valence electrons. The topological polar surface area (TPSA) is 21.5 Å². The molecule has 0 fully saturated rings. The second kappa shape index (κ2) is 9.22. The van der Waals surface area contributed by atoms with Crippen LogP contribution in [0.1, 0.15) is 117 Å². The van der Waals surface area contributed by atoms with Crippen molar-refractivity contribution in [1.82, 2.24) is 0 Å². The molecule has 0 unspecified atom stereocenters. The van der Waals surface area contributed by atoms with Crippen molar-refractivity contribution in [2.24, 2.45) is 0 Å². The Balaban J connectivity index is 2.27. The highest BCUT2D eigenvalue weighted by molar-refractivity contribution is 5.53. The lowest BCUT2D eigenvalue weighted by Crippen LogP contribution is -2.38. The van der Waals surface area contributed by atoms with Crippen LogP contribution in [0.5, 0.6) is 11.5 Å². The molecule has 0 bridgehead atoms. The molecule has 0 saturated heterocycles. The summed E-state index contributed by atoms with van der Waals surface area (Å²) in [6.45, 7) is 31.6. The van der Waals surface area contributed by atoms with Gasteiger partial charge in [-0.25, -0.2) is 0 Å². The van der Waals surface area contributed by atoms with Crippen LogP contribution in [0, 0.1) is 6.54 Å². The largest absolute Gasteiger partial charge is 0.499 e. The molecule has 0 aliphatic carbocycles. The third-order valence-electron chi connectivity index (χ3n) is 7.69. The maximum atomic E-state index is 6.85. The summed E-state index contributed by atoms with van der Waals surface area (Å²) in [4.78, 5) is 0. The lowest BCUT2D eigenvalue weighted by atomic mass is 9.75. The van der Waals surface area contributed by atoms with Gasteiger partial charge in [0.15, 0.2) is 6.54 Å². The molecule has 0 radical (unpaired) electrons. The minimum absolute atomic E-state index is 0.0571. The first-order chi connectivity index (χ1) is 16.0. The summed E-state index contributed by atoms with van der Waals surface area (Å²) in [5.41, 5.74) is 5.84. The zero-order valence-electron chi connectivity index (χ0n) is 24.1. The quantitative estimate of drug-likeness (QED) is 0.326. The van der Waals surface area contributed by atoms with Crippen LogP contribution in [-0.4, -0.2) is 17.1 Å². The van der Waals surface area contributed by atoms with Crippen LogP contribution in [0.2, 0.25) is 0 Å². The fourth-order valence-corrected chi connectivity index (χ4v) is 4.54. The van der Waals surface area contributed by atoms with E-state index in [-0.39, 0.29) is 16.2 Å². The molecular weight excluding hydrogens is 430 g/mol. The van der Waals surface area contributed by atoms with Crippen molar-refractivity contribution in [2.75, 3.05) is 0 Å². The Kier molecular flexibility index (Phi) is 7.16. The summed E-state index contributed by atoms with van der Waals surface area (Å²) in [5, 5.41) is 0. The van der Waals surface area contributed by atoms with Gasteiger partial charge in [0.1, 0.15) is 5.75 Å². The molecule has 0 amide bonds. The van der Waals surface area contributed by atoms with Gasteiger partial charge in [-0.3, -0.25) is 4.58 Å². The van der Waals surface area contributed by atoms with Crippen LogP contribution in [0.3, 0.4) is 0 Å². The van der Waals surface area contributed by atoms with E-state index in [9.17, 15) is 0 Å². The van der Waals surface area contributed by atoms with E-state index >= 15 is 0 Å². The number of hydrogen-bond acceptors (Lipinski definition) is 2. The van der Waals surface area contributed by atoms with E-state index in [2.05, 4.69) is 106 Å². The summed E-state index contributed by atoms with van der Waals surface area (Å²) >= 11 is 0. The molecule has 1 aliphatic heterocycles. The number of fused-ring (bicyclic) bond motifs is 2. The number of para-hydroxylation sites is 1. The van der Waals surface area contributed by atoms with Gasteiger partial charge in [0.2, 0.25) is 5.79 Å². The minimum atomic E-state index is -0.859. The highest BCUT2D eigenvalue weighted by atomic mass is 16.7. The summed E-state index contributed by atoms with van der Waals surface area (Å²) in [7, 11) is 0. The summed E-state index contributed by atoms with van der Waals surface area (Å²) in [6.07, 6.45) is 2.06. The second-order valence-electron chi connectivity index (χ2n) is 12.9. The van der Waals surface area contributed by atoms with Gasteiger partial charge in [0, 0.05) is 19.4 Å². The van der Waals surface area contributed by atoms with Crippen molar-refractivity contribution < 1.29 is 14.0 Å². The van der Waals surface area contributed by atoms with Gasteiger partial charge in [-0.2, -0.15) is 0 Å². The van der Waals surface area contributed by atoms with Crippen molar-refractivity contribution in [3.05, 3.63) is 64.7 Å². The number of rotatable bonds is 4. The monoisotopic (exact) mass is 477 g/mol. The molecule has 2 aromatic rings. The van der Waals surface area contributed by atoms with Crippen LogP contribution in [0.25, 0.3) is 0 Å². The average molecular weight is 478 g/mol. The minimum Gasteiger partial charge on any atom is -0.499 e. The first-order valence-corrected chi connectivity index (χ1v) is 13.1. The number of nitrogens with zero attached hydrogens (tertiary/aromatic N) is 1. The Morgan fingerprint density at radius 1 is 0.886 bits per heavy atom. The van der Waals surface area contributed by atoms with Crippen LogP contribution in [0.15, 0.2) is 30.3 Å². The van der Waals surface area contributed by atoms with Crippen LogP contribution in [-0.2, 0) is 22.8 Å². The summed E-state index contributed by atoms with van der Waals surface area (Å²) < 4.78 is 15.6. The molecule has 3 rings (SSSR count). The molecule has 1 aliphatic rings. The molecule has 0 N–H and O–H groups in total. The highest BCUT2D eigenvalue weighted by Gasteiger charge is 2.33. The predicted octanol–water partition coefficient (Wildman–Crippen LogP) is 8.29. The fourth-order valence-electron chi connectivity index (χ4n) is 4.54. The van der Waals surface area contributed by atoms with Crippen LogP contribution in [0.4, 0.5) is 0 Å². The molecule has 3 nitrogen and oxygen atoms in total. The van der Waals surface area contributed by atoms with E-state index in [0.29, 0.717) is 6.54 Å². The summed E-state index contributed by atoms with van der Waals surface area (Å²) in [6, 6.07) is 11.1. The van der Waals surface area contributed by atoms with Crippen molar-refractivity contribution in [2.45, 2.75) is 118 Å². The van der Waals surface area contributed by atoms with Gasteiger partial charge in [-0.05, 0) is 46.3 Å². The number of ether oxygens (including phenoxy) is 2.